The monoisotopic (exact) mass is 242 g/mol. The van der Waals surface area contributed by atoms with Gasteiger partial charge in [0, 0.05) is 18.1 Å². The van der Waals surface area contributed by atoms with Gasteiger partial charge in [-0.1, -0.05) is 32.8 Å². The molecule has 0 fully saturated rings. The highest BCUT2D eigenvalue weighted by molar-refractivity contribution is 5.87. The van der Waals surface area contributed by atoms with Gasteiger partial charge in [-0.25, -0.2) is 4.79 Å². The van der Waals surface area contributed by atoms with Crippen molar-refractivity contribution in [2.24, 2.45) is 5.92 Å². The van der Waals surface area contributed by atoms with Crippen LogP contribution < -0.4 is 0 Å². The number of allylic oxidation sites excluding steroid dienone is 1. The van der Waals surface area contributed by atoms with Gasteiger partial charge in [-0.3, -0.25) is 0 Å². The van der Waals surface area contributed by atoms with Crippen molar-refractivity contribution in [3.63, 3.8) is 0 Å². The number of unbranched alkanes of at least 4 members (excludes halogenated alkanes) is 1. The maximum Gasteiger partial charge on any atom is 0.333 e. The van der Waals surface area contributed by atoms with Crippen molar-refractivity contribution in [2.45, 2.75) is 59.5 Å². The van der Waals surface area contributed by atoms with E-state index in [0.29, 0.717) is 5.57 Å². The molecule has 2 unspecified atom stereocenters. The lowest BCUT2D eigenvalue weighted by Crippen LogP contribution is -2.29. The number of rotatable bonds is 8. The average molecular weight is 242 g/mol. The normalized spacial score (nSPS) is 15.5. The Labute approximate surface area is 105 Å². The second-order valence-electron chi connectivity index (χ2n) is 4.41. The molecule has 0 amide bonds. The topological polar surface area (TPSA) is 46.5 Å². The summed E-state index contributed by atoms with van der Waals surface area (Å²) in [5.41, 5.74) is 0.624. The van der Waals surface area contributed by atoms with Gasteiger partial charge in [-0.2, -0.15) is 0 Å². The number of ether oxygens (including phenoxy) is 1. The fourth-order valence-corrected chi connectivity index (χ4v) is 1.65. The fourth-order valence-electron chi connectivity index (χ4n) is 1.65. The number of aliphatic hydroxyl groups is 1. The molecule has 0 bridgehead atoms. The third kappa shape index (κ3) is 5.87. The van der Waals surface area contributed by atoms with E-state index in [4.69, 9.17) is 4.74 Å². The van der Waals surface area contributed by atoms with Crippen LogP contribution in [0.4, 0.5) is 0 Å². The van der Waals surface area contributed by atoms with Gasteiger partial charge in [0.1, 0.15) is 6.10 Å². The Morgan fingerprint density at radius 1 is 1.41 bits per heavy atom. The Morgan fingerprint density at radius 2 is 2.06 bits per heavy atom. The zero-order chi connectivity index (χ0) is 13.3. The summed E-state index contributed by atoms with van der Waals surface area (Å²) < 4.78 is 5.48. The molecular formula is C14H26O3. The number of hydrogen-bond donors (Lipinski definition) is 1. The molecule has 0 radical (unpaired) electrons. The zero-order valence-electron chi connectivity index (χ0n) is 11.5. The molecule has 0 heterocycles. The SMILES string of the molecule is CC=C(C)C(=O)OC(CCCC)C(CC)CO. The third-order valence-electron chi connectivity index (χ3n) is 3.14. The summed E-state index contributed by atoms with van der Waals surface area (Å²) in [6.45, 7) is 7.76. The Bertz CT molecular complexity index is 242. The van der Waals surface area contributed by atoms with Crippen LogP contribution in [0, 0.1) is 5.92 Å². The lowest BCUT2D eigenvalue weighted by atomic mass is 9.96. The van der Waals surface area contributed by atoms with Crippen molar-refractivity contribution in [3.05, 3.63) is 11.6 Å². The number of carbonyl (C=O) groups is 1. The second kappa shape index (κ2) is 9.23. The van der Waals surface area contributed by atoms with E-state index in [2.05, 4.69) is 6.92 Å². The van der Waals surface area contributed by atoms with Crippen molar-refractivity contribution in [1.82, 2.24) is 0 Å². The summed E-state index contributed by atoms with van der Waals surface area (Å²) in [6, 6.07) is 0. The Hall–Kier alpha value is -0.830. The average Bonchev–Trinajstić information content (AvgIpc) is 2.35. The van der Waals surface area contributed by atoms with Gasteiger partial charge < -0.3 is 9.84 Å². The van der Waals surface area contributed by atoms with Crippen molar-refractivity contribution in [1.29, 1.82) is 0 Å². The Morgan fingerprint density at radius 3 is 2.47 bits per heavy atom. The van der Waals surface area contributed by atoms with E-state index in [1.54, 1.807) is 13.0 Å². The summed E-state index contributed by atoms with van der Waals surface area (Å²) in [7, 11) is 0. The van der Waals surface area contributed by atoms with E-state index in [1.807, 2.05) is 13.8 Å². The Balaban J connectivity index is 4.52. The summed E-state index contributed by atoms with van der Waals surface area (Å²) in [5.74, 6) is -0.212. The lowest BCUT2D eigenvalue weighted by molar-refractivity contribution is -0.148. The smallest absolute Gasteiger partial charge is 0.333 e. The molecule has 100 valence electrons. The molecule has 0 aliphatic carbocycles. The molecule has 3 nitrogen and oxygen atoms in total. The van der Waals surface area contributed by atoms with Crippen LogP contribution >= 0.6 is 0 Å². The van der Waals surface area contributed by atoms with Crippen LogP contribution in [0.2, 0.25) is 0 Å². The molecule has 0 aromatic heterocycles. The van der Waals surface area contributed by atoms with Crippen LogP contribution in [0.1, 0.15) is 53.4 Å². The lowest BCUT2D eigenvalue weighted by Gasteiger charge is -2.24. The maximum atomic E-state index is 11.7. The highest BCUT2D eigenvalue weighted by Crippen LogP contribution is 2.19. The number of aliphatic hydroxyl groups excluding tert-OH is 1. The van der Waals surface area contributed by atoms with Crippen molar-refractivity contribution in [3.8, 4) is 0 Å². The van der Waals surface area contributed by atoms with Crippen molar-refractivity contribution < 1.29 is 14.6 Å². The first kappa shape index (κ1) is 16.2. The van der Waals surface area contributed by atoms with E-state index in [9.17, 15) is 9.90 Å². The van der Waals surface area contributed by atoms with Crippen LogP contribution in [-0.4, -0.2) is 23.8 Å². The van der Waals surface area contributed by atoms with E-state index in [-0.39, 0.29) is 24.6 Å². The van der Waals surface area contributed by atoms with Gasteiger partial charge >= 0.3 is 5.97 Å². The van der Waals surface area contributed by atoms with Gasteiger partial charge in [-0.15, -0.1) is 0 Å². The van der Waals surface area contributed by atoms with E-state index in [0.717, 1.165) is 25.7 Å². The number of hydrogen-bond acceptors (Lipinski definition) is 3. The maximum absolute atomic E-state index is 11.7. The number of esters is 1. The van der Waals surface area contributed by atoms with Crippen LogP contribution in [0.5, 0.6) is 0 Å². The van der Waals surface area contributed by atoms with Gasteiger partial charge in [0.05, 0.1) is 0 Å². The molecule has 3 heteroatoms. The predicted molar refractivity (Wildman–Crippen MR) is 69.7 cm³/mol. The third-order valence-corrected chi connectivity index (χ3v) is 3.14. The second-order valence-corrected chi connectivity index (χ2v) is 4.41. The van der Waals surface area contributed by atoms with Crippen molar-refractivity contribution in [2.75, 3.05) is 6.61 Å². The number of carbonyl (C=O) groups excluding carboxylic acids is 1. The van der Waals surface area contributed by atoms with Crippen LogP contribution in [0.15, 0.2) is 11.6 Å². The molecule has 0 aliphatic rings. The fraction of sp³-hybridized carbons (Fsp3) is 0.786. The highest BCUT2D eigenvalue weighted by Gasteiger charge is 2.23. The summed E-state index contributed by atoms with van der Waals surface area (Å²) in [4.78, 5) is 11.7. The minimum Gasteiger partial charge on any atom is -0.459 e. The first-order valence-corrected chi connectivity index (χ1v) is 6.55. The van der Waals surface area contributed by atoms with Crippen LogP contribution in [-0.2, 0) is 9.53 Å². The molecule has 1 N–H and O–H groups in total. The molecule has 17 heavy (non-hydrogen) atoms. The minimum atomic E-state index is -0.263. The summed E-state index contributed by atoms with van der Waals surface area (Å²) in [6.07, 6.45) is 5.33. The minimum absolute atomic E-state index is 0.0511. The quantitative estimate of drug-likeness (QED) is 0.525. The molecular weight excluding hydrogens is 216 g/mol. The molecule has 2 atom stereocenters. The summed E-state index contributed by atoms with van der Waals surface area (Å²) in [5, 5.41) is 9.30. The van der Waals surface area contributed by atoms with Gasteiger partial charge in [-0.05, 0) is 26.7 Å². The molecule has 0 aromatic carbocycles. The molecule has 0 saturated heterocycles. The molecule has 0 spiro atoms. The van der Waals surface area contributed by atoms with E-state index >= 15 is 0 Å². The molecule has 0 rings (SSSR count). The van der Waals surface area contributed by atoms with Crippen LogP contribution in [0.25, 0.3) is 0 Å². The summed E-state index contributed by atoms with van der Waals surface area (Å²) >= 11 is 0. The van der Waals surface area contributed by atoms with Gasteiger partial charge in [0.2, 0.25) is 0 Å². The zero-order valence-corrected chi connectivity index (χ0v) is 11.5. The highest BCUT2D eigenvalue weighted by atomic mass is 16.5. The van der Waals surface area contributed by atoms with E-state index in [1.165, 1.54) is 0 Å². The molecule has 0 aromatic rings. The first-order chi connectivity index (χ1) is 8.10. The first-order valence-electron chi connectivity index (χ1n) is 6.55. The largest absolute Gasteiger partial charge is 0.459 e. The standard InChI is InChI=1S/C14H26O3/c1-5-8-9-13(12(7-3)10-15)17-14(16)11(4)6-2/h6,12-13,15H,5,7-10H2,1-4H3. The predicted octanol–water partition coefficient (Wildman–Crippen LogP) is 3.07. The Kier molecular flexibility index (Phi) is 8.78. The molecule has 0 aliphatic heterocycles. The van der Waals surface area contributed by atoms with Crippen LogP contribution in [0.3, 0.4) is 0 Å². The van der Waals surface area contributed by atoms with Gasteiger partial charge in [0.15, 0.2) is 0 Å². The van der Waals surface area contributed by atoms with Crippen molar-refractivity contribution >= 4 is 5.97 Å². The van der Waals surface area contributed by atoms with E-state index < -0.39 is 0 Å². The molecule has 0 saturated carbocycles. The van der Waals surface area contributed by atoms with Gasteiger partial charge in [0.25, 0.3) is 0 Å².